The van der Waals surface area contributed by atoms with E-state index in [4.69, 9.17) is 0 Å². The fourth-order valence-corrected chi connectivity index (χ4v) is 4.97. The number of H-pyrrole nitrogens is 1. The van der Waals surface area contributed by atoms with Gasteiger partial charge in [0, 0.05) is 10.9 Å². The maximum atomic E-state index is 12.8. The number of fused-ring (bicyclic) bond motifs is 1. The van der Waals surface area contributed by atoms with Gasteiger partial charge in [0.15, 0.2) is 0 Å². The van der Waals surface area contributed by atoms with E-state index in [-0.39, 0.29) is 6.20 Å². The largest absolute Gasteiger partial charge is 0.480 e. The summed E-state index contributed by atoms with van der Waals surface area (Å²) in [5.74, 6) is -2.77. The van der Waals surface area contributed by atoms with Gasteiger partial charge in [0.05, 0.1) is 0 Å². The average Bonchev–Trinajstić information content (AvgIpc) is 2.82. The number of aliphatic carboxylic acids is 1. The number of carboxylic acid groups (broad SMARTS) is 1. The second-order valence-corrected chi connectivity index (χ2v) is 8.84. The number of β-lactam (4-membered cyclic amide) rings is 1. The zero-order valence-corrected chi connectivity index (χ0v) is 15.8. The van der Waals surface area contributed by atoms with Crippen molar-refractivity contribution in [3.8, 4) is 0 Å². The molecule has 3 N–H and O–H groups in total. The lowest BCUT2D eigenvalue weighted by molar-refractivity contribution is -0.161. The number of halogens is 3. The number of aromatic amines is 1. The smallest absolute Gasteiger partial charge is 0.423 e. The van der Waals surface area contributed by atoms with Crippen LogP contribution in [-0.4, -0.2) is 59.5 Å². The first-order chi connectivity index (χ1) is 13.2. The summed E-state index contributed by atoms with van der Waals surface area (Å²) in [4.78, 5) is 61.5. The Balaban J connectivity index is 1.75. The second kappa shape index (κ2) is 6.64. The standard InChI is InChI=1S/C15H15F3N4O6S/c1-14(2)8(12(26)27)22-10(25)7(11(22)29-14)19-6(23)4-21-3-5(15(16,17)18)9(24)20-13(21)28/h3,7-8,11H,4H2,1-2H3,(H,19,23)(H,26,27)(H,20,24,28)/t7-,8+,11-/m1/s1. The van der Waals surface area contributed by atoms with Crippen molar-refractivity contribution in [3.05, 3.63) is 32.6 Å². The SMILES string of the molecule is CC1(C)S[C@@H]2[C@H](NC(=O)Cn3cc(C(F)(F)F)c(=O)[nH]c3=O)C(=O)N2[C@H]1C(=O)O. The number of carbonyl (C=O) groups excluding carboxylic acids is 2. The summed E-state index contributed by atoms with van der Waals surface area (Å²) in [5.41, 5.74) is -4.50. The van der Waals surface area contributed by atoms with E-state index in [1.807, 2.05) is 0 Å². The van der Waals surface area contributed by atoms with Gasteiger partial charge in [-0.05, 0) is 13.8 Å². The number of rotatable bonds is 4. The highest BCUT2D eigenvalue weighted by Gasteiger charge is 2.64. The highest BCUT2D eigenvalue weighted by Crippen LogP contribution is 2.50. The fourth-order valence-electron chi connectivity index (χ4n) is 3.35. The minimum atomic E-state index is -5.03. The van der Waals surface area contributed by atoms with Crippen LogP contribution in [0.15, 0.2) is 15.8 Å². The Morgan fingerprint density at radius 1 is 1.31 bits per heavy atom. The molecule has 1 aromatic rings. The van der Waals surface area contributed by atoms with Crippen molar-refractivity contribution in [2.45, 2.75) is 48.8 Å². The van der Waals surface area contributed by atoms with Crippen LogP contribution in [0.2, 0.25) is 0 Å². The lowest BCUT2D eigenvalue weighted by atomic mass is 9.96. The van der Waals surface area contributed by atoms with Gasteiger partial charge in [-0.15, -0.1) is 11.8 Å². The molecular weight excluding hydrogens is 421 g/mol. The first-order valence-electron chi connectivity index (χ1n) is 8.17. The summed E-state index contributed by atoms with van der Waals surface area (Å²) in [7, 11) is 0. The summed E-state index contributed by atoms with van der Waals surface area (Å²) in [6.07, 6.45) is -4.80. The Morgan fingerprint density at radius 2 is 1.93 bits per heavy atom. The normalized spacial score (nSPS) is 25.3. The van der Waals surface area contributed by atoms with Crippen LogP contribution in [0.4, 0.5) is 13.2 Å². The van der Waals surface area contributed by atoms with Gasteiger partial charge in [-0.1, -0.05) is 0 Å². The van der Waals surface area contributed by atoms with Gasteiger partial charge >= 0.3 is 17.8 Å². The van der Waals surface area contributed by atoms with E-state index in [1.54, 1.807) is 13.8 Å². The number of aromatic nitrogens is 2. The first kappa shape index (κ1) is 21.0. The van der Waals surface area contributed by atoms with Gasteiger partial charge in [0.1, 0.15) is 29.6 Å². The van der Waals surface area contributed by atoms with Gasteiger partial charge in [-0.2, -0.15) is 13.2 Å². The van der Waals surface area contributed by atoms with Crippen LogP contribution < -0.4 is 16.6 Å². The molecular formula is C15H15F3N4O6S. The summed E-state index contributed by atoms with van der Waals surface area (Å²) in [6, 6.07) is -2.16. The van der Waals surface area contributed by atoms with E-state index in [0.29, 0.717) is 4.57 Å². The van der Waals surface area contributed by atoms with Crippen molar-refractivity contribution < 1.29 is 32.7 Å². The minimum absolute atomic E-state index is 0.226. The van der Waals surface area contributed by atoms with Crippen molar-refractivity contribution in [2.75, 3.05) is 0 Å². The molecule has 0 aliphatic carbocycles. The molecule has 1 aromatic heterocycles. The molecule has 2 saturated heterocycles. The topological polar surface area (TPSA) is 142 Å². The summed E-state index contributed by atoms with van der Waals surface area (Å²) in [5, 5.41) is 11.0. The Labute approximate surface area is 164 Å². The van der Waals surface area contributed by atoms with Crippen molar-refractivity contribution >= 4 is 29.5 Å². The molecule has 14 heteroatoms. The Morgan fingerprint density at radius 3 is 2.48 bits per heavy atom. The monoisotopic (exact) mass is 436 g/mol. The molecule has 0 unspecified atom stereocenters. The Hall–Kier alpha value is -2.77. The van der Waals surface area contributed by atoms with E-state index in [2.05, 4.69) is 5.32 Å². The molecule has 0 spiro atoms. The Bertz CT molecular complexity index is 1020. The highest BCUT2D eigenvalue weighted by atomic mass is 32.2. The molecule has 158 valence electrons. The number of carboxylic acids is 1. The zero-order valence-electron chi connectivity index (χ0n) is 14.9. The van der Waals surface area contributed by atoms with E-state index >= 15 is 0 Å². The number of amides is 2. The van der Waals surface area contributed by atoms with Crippen LogP contribution >= 0.6 is 11.8 Å². The fraction of sp³-hybridized carbons (Fsp3) is 0.533. The number of carbonyl (C=O) groups is 3. The molecule has 29 heavy (non-hydrogen) atoms. The van der Waals surface area contributed by atoms with Gasteiger partial charge in [0.25, 0.3) is 5.56 Å². The van der Waals surface area contributed by atoms with E-state index in [0.717, 1.165) is 4.90 Å². The van der Waals surface area contributed by atoms with Crippen molar-refractivity contribution in [1.29, 1.82) is 0 Å². The van der Waals surface area contributed by atoms with E-state index in [1.165, 1.54) is 16.7 Å². The number of nitrogens with one attached hydrogen (secondary N) is 2. The first-order valence-corrected chi connectivity index (χ1v) is 9.05. The molecule has 10 nitrogen and oxygen atoms in total. The molecule has 2 aliphatic rings. The van der Waals surface area contributed by atoms with E-state index < -0.39 is 69.5 Å². The maximum absolute atomic E-state index is 12.8. The average molecular weight is 436 g/mol. The lowest BCUT2D eigenvalue weighted by Crippen LogP contribution is -2.70. The van der Waals surface area contributed by atoms with E-state index in [9.17, 15) is 42.3 Å². The number of hydrogen-bond acceptors (Lipinski definition) is 6. The predicted octanol–water partition coefficient (Wildman–Crippen LogP) is -0.813. The maximum Gasteiger partial charge on any atom is 0.423 e. The molecule has 3 rings (SSSR count). The van der Waals surface area contributed by atoms with Crippen LogP contribution in [0.3, 0.4) is 0 Å². The quantitative estimate of drug-likeness (QED) is 0.524. The van der Waals surface area contributed by atoms with Crippen molar-refractivity contribution in [3.63, 3.8) is 0 Å². The number of nitrogens with zero attached hydrogens (tertiary/aromatic N) is 2. The molecule has 0 bridgehead atoms. The molecule has 2 amide bonds. The summed E-state index contributed by atoms with van der Waals surface area (Å²) in [6.45, 7) is 2.41. The molecule has 2 aliphatic heterocycles. The van der Waals surface area contributed by atoms with Crippen LogP contribution in [0.5, 0.6) is 0 Å². The van der Waals surface area contributed by atoms with Crippen molar-refractivity contribution in [2.24, 2.45) is 0 Å². The number of alkyl halides is 3. The summed E-state index contributed by atoms with van der Waals surface area (Å²) < 4.78 is 38.0. The number of thioether (sulfide) groups is 1. The third-order valence-electron chi connectivity index (χ3n) is 4.62. The molecule has 2 fully saturated rings. The second-order valence-electron chi connectivity index (χ2n) is 7.07. The molecule has 3 heterocycles. The predicted molar refractivity (Wildman–Crippen MR) is 92.0 cm³/mol. The summed E-state index contributed by atoms with van der Waals surface area (Å²) >= 11 is 1.17. The van der Waals surface area contributed by atoms with Crippen molar-refractivity contribution in [1.82, 2.24) is 19.8 Å². The lowest BCUT2D eigenvalue weighted by Gasteiger charge is -2.43. The molecule has 0 radical (unpaired) electrons. The van der Waals surface area contributed by atoms with Gasteiger partial charge in [-0.3, -0.25) is 23.9 Å². The zero-order chi connectivity index (χ0) is 21.9. The number of hydrogen-bond donors (Lipinski definition) is 3. The minimum Gasteiger partial charge on any atom is -0.480 e. The van der Waals surface area contributed by atoms with Crippen LogP contribution in [0.25, 0.3) is 0 Å². The van der Waals surface area contributed by atoms with Gasteiger partial charge in [-0.25, -0.2) is 9.59 Å². The molecule has 0 saturated carbocycles. The van der Waals surface area contributed by atoms with Crippen LogP contribution in [0, 0.1) is 0 Å². The van der Waals surface area contributed by atoms with Gasteiger partial charge < -0.3 is 15.3 Å². The van der Waals surface area contributed by atoms with Crippen LogP contribution in [-0.2, 0) is 27.1 Å². The molecule has 3 atom stereocenters. The highest BCUT2D eigenvalue weighted by molar-refractivity contribution is 8.01. The third kappa shape index (κ3) is 3.52. The Kier molecular flexibility index (Phi) is 4.80. The molecule has 0 aromatic carbocycles. The third-order valence-corrected chi connectivity index (χ3v) is 6.19. The van der Waals surface area contributed by atoms with Crippen LogP contribution in [0.1, 0.15) is 19.4 Å². The van der Waals surface area contributed by atoms with Gasteiger partial charge in [0.2, 0.25) is 11.8 Å².